The van der Waals surface area contributed by atoms with Gasteiger partial charge in [-0.3, -0.25) is 4.79 Å². The van der Waals surface area contributed by atoms with E-state index < -0.39 is 0 Å². The second-order valence-corrected chi connectivity index (χ2v) is 7.06. The topological polar surface area (TPSA) is 60.8 Å². The van der Waals surface area contributed by atoms with Crippen molar-refractivity contribution in [3.8, 4) is 0 Å². The molecule has 0 aliphatic heterocycles. The SMILES string of the molecule is CCCCCCCCC(O)C/C=C/C=C\C=C(\O)CCCC(=O)N(C)C. The highest BCUT2D eigenvalue weighted by atomic mass is 16.3. The molecule has 1 unspecified atom stereocenters. The van der Waals surface area contributed by atoms with Crippen molar-refractivity contribution in [2.45, 2.75) is 83.7 Å². The van der Waals surface area contributed by atoms with E-state index in [4.69, 9.17) is 0 Å². The first kappa shape index (κ1) is 24.5. The maximum Gasteiger partial charge on any atom is 0.222 e. The standard InChI is InChI=1S/C22H39NO3/c1-4-5-6-7-8-11-15-20(24)16-12-9-10-13-17-21(25)18-14-19-22(26)23(2)3/h9-10,12-13,17,20,24-25H,4-8,11,14-16,18-19H2,1-3H3/b12-9+,13-10-,21-17+. The largest absolute Gasteiger partial charge is 0.512 e. The Morgan fingerprint density at radius 2 is 1.65 bits per heavy atom. The number of hydrogen-bond acceptors (Lipinski definition) is 3. The lowest BCUT2D eigenvalue weighted by Crippen LogP contribution is -2.21. The summed E-state index contributed by atoms with van der Waals surface area (Å²) in [5.41, 5.74) is 0. The van der Waals surface area contributed by atoms with Crippen molar-refractivity contribution in [2.24, 2.45) is 0 Å². The Hall–Kier alpha value is -1.55. The molecule has 0 bridgehead atoms. The minimum atomic E-state index is -0.260. The van der Waals surface area contributed by atoms with Crippen LogP contribution >= 0.6 is 0 Å². The fraction of sp³-hybridized carbons (Fsp3) is 0.682. The Kier molecular flexibility index (Phi) is 15.9. The van der Waals surface area contributed by atoms with Crippen LogP contribution in [0.4, 0.5) is 0 Å². The molecule has 150 valence electrons. The van der Waals surface area contributed by atoms with Gasteiger partial charge in [0.05, 0.1) is 11.9 Å². The summed E-state index contributed by atoms with van der Waals surface area (Å²) < 4.78 is 0. The molecule has 2 N–H and O–H groups in total. The normalized spacial score (nSPS) is 13.6. The number of carbonyl (C=O) groups is 1. The third kappa shape index (κ3) is 15.9. The van der Waals surface area contributed by atoms with Crippen molar-refractivity contribution in [3.05, 3.63) is 36.1 Å². The smallest absolute Gasteiger partial charge is 0.222 e. The zero-order valence-corrected chi connectivity index (χ0v) is 17.0. The lowest BCUT2D eigenvalue weighted by molar-refractivity contribution is -0.128. The summed E-state index contributed by atoms with van der Waals surface area (Å²) in [5, 5.41) is 19.7. The minimum absolute atomic E-state index is 0.0794. The molecule has 0 fully saturated rings. The van der Waals surface area contributed by atoms with Crippen molar-refractivity contribution in [1.82, 2.24) is 4.90 Å². The predicted molar refractivity (Wildman–Crippen MR) is 110 cm³/mol. The Morgan fingerprint density at radius 3 is 2.35 bits per heavy atom. The number of unbranched alkanes of at least 4 members (excludes halogenated alkanes) is 5. The highest BCUT2D eigenvalue weighted by molar-refractivity contribution is 5.75. The van der Waals surface area contributed by atoms with Gasteiger partial charge in [-0.15, -0.1) is 0 Å². The van der Waals surface area contributed by atoms with Crippen molar-refractivity contribution < 1.29 is 15.0 Å². The van der Waals surface area contributed by atoms with Crippen LogP contribution in [0.25, 0.3) is 0 Å². The summed E-state index contributed by atoms with van der Waals surface area (Å²) in [5.74, 6) is 0.361. The van der Waals surface area contributed by atoms with E-state index in [2.05, 4.69) is 6.92 Å². The van der Waals surface area contributed by atoms with Crippen LogP contribution in [0.1, 0.15) is 77.6 Å². The summed E-state index contributed by atoms with van der Waals surface area (Å²) >= 11 is 0. The molecule has 0 heterocycles. The Bertz CT molecular complexity index is 439. The maximum absolute atomic E-state index is 11.4. The van der Waals surface area contributed by atoms with Gasteiger partial charge in [0.2, 0.25) is 5.91 Å². The quantitative estimate of drug-likeness (QED) is 0.235. The van der Waals surface area contributed by atoms with Crippen LogP contribution in [0.5, 0.6) is 0 Å². The average molecular weight is 366 g/mol. The molecule has 0 aliphatic rings. The molecule has 1 atom stereocenters. The highest BCUT2D eigenvalue weighted by Crippen LogP contribution is 2.10. The van der Waals surface area contributed by atoms with Gasteiger partial charge in [0, 0.05) is 26.9 Å². The van der Waals surface area contributed by atoms with Gasteiger partial charge in [-0.2, -0.15) is 0 Å². The molecule has 4 heteroatoms. The molecule has 0 aromatic heterocycles. The van der Waals surface area contributed by atoms with Gasteiger partial charge in [0.25, 0.3) is 0 Å². The monoisotopic (exact) mass is 365 g/mol. The number of aliphatic hydroxyl groups is 2. The third-order valence-corrected chi connectivity index (χ3v) is 4.27. The number of nitrogens with zero attached hydrogens (tertiary/aromatic N) is 1. The van der Waals surface area contributed by atoms with Crippen LogP contribution in [-0.4, -0.2) is 41.2 Å². The van der Waals surface area contributed by atoms with Gasteiger partial charge >= 0.3 is 0 Å². The molecule has 4 nitrogen and oxygen atoms in total. The molecule has 0 rings (SSSR count). The summed E-state index contributed by atoms with van der Waals surface area (Å²) in [7, 11) is 3.47. The first-order chi connectivity index (χ1) is 12.5. The fourth-order valence-corrected chi connectivity index (χ4v) is 2.55. The van der Waals surface area contributed by atoms with Crippen molar-refractivity contribution in [1.29, 1.82) is 0 Å². The van der Waals surface area contributed by atoms with E-state index in [1.54, 1.807) is 31.1 Å². The van der Waals surface area contributed by atoms with E-state index in [1.807, 2.05) is 18.2 Å². The molecule has 0 aromatic carbocycles. The highest BCUT2D eigenvalue weighted by Gasteiger charge is 2.03. The predicted octanol–water partition coefficient (Wildman–Crippen LogP) is 5.30. The van der Waals surface area contributed by atoms with Crippen LogP contribution < -0.4 is 0 Å². The van der Waals surface area contributed by atoms with E-state index in [9.17, 15) is 15.0 Å². The lowest BCUT2D eigenvalue weighted by Gasteiger charge is -2.09. The first-order valence-electron chi connectivity index (χ1n) is 10.1. The molecule has 0 spiro atoms. The number of aliphatic hydroxyl groups excluding tert-OH is 2. The van der Waals surface area contributed by atoms with E-state index >= 15 is 0 Å². The van der Waals surface area contributed by atoms with Gasteiger partial charge < -0.3 is 15.1 Å². The number of rotatable bonds is 15. The van der Waals surface area contributed by atoms with Gasteiger partial charge in [0.1, 0.15) is 0 Å². The molecular weight excluding hydrogens is 326 g/mol. The van der Waals surface area contributed by atoms with E-state index in [-0.39, 0.29) is 17.8 Å². The van der Waals surface area contributed by atoms with Crippen molar-refractivity contribution in [2.75, 3.05) is 14.1 Å². The molecular formula is C22H39NO3. The Morgan fingerprint density at radius 1 is 0.962 bits per heavy atom. The molecule has 1 amide bonds. The van der Waals surface area contributed by atoms with Gasteiger partial charge in [-0.05, 0) is 25.3 Å². The summed E-state index contributed by atoms with van der Waals surface area (Å²) in [6, 6.07) is 0. The van der Waals surface area contributed by atoms with Crippen LogP contribution in [0.15, 0.2) is 36.1 Å². The summed E-state index contributed by atoms with van der Waals surface area (Å²) in [6.07, 6.45) is 19.5. The van der Waals surface area contributed by atoms with E-state index in [0.29, 0.717) is 25.7 Å². The minimum Gasteiger partial charge on any atom is -0.512 e. The second-order valence-electron chi connectivity index (χ2n) is 7.06. The molecule has 0 aromatic rings. The summed E-state index contributed by atoms with van der Waals surface area (Å²) in [4.78, 5) is 13.0. The number of amides is 1. The van der Waals surface area contributed by atoms with E-state index in [1.165, 1.54) is 32.1 Å². The average Bonchev–Trinajstić information content (AvgIpc) is 2.60. The lowest BCUT2D eigenvalue weighted by atomic mass is 10.1. The van der Waals surface area contributed by atoms with Gasteiger partial charge in [0.15, 0.2) is 0 Å². The summed E-state index contributed by atoms with van der Waals surface area (Å²) in [6.45, 7) is 2.22. The number of carbonyl (C=O) groups excluding carboxylic acids is 1. The molecule has 0 saturated carbocycles. The van der Waals surface area contributed by atoms with Crippen LogP contribution in [0.2, 0.25) is 0 Å². The van der Waals surface area contributed by atoms with Crippen LogP contribution in [0, 0.1) is 0 Å². The van der Waals surface area contributed by atoms with Gasteiger partial charge in [-0.25, -0.2) is 0 Å². The Labute approximate surface area is 160 Å². The van der Waals surface area contributed by atoms with Crippen LogP contribution in [0.3, 0.4) is 0 Å². The van der Waals surface area contributed by atoms with Crippen LogP contribution in [-0.2, 0) is 4.79 Å². The fourth-order valence-electron chi connectivity index (χ4n) is 2.55. The molecule has 0 radical (unpaired) electrons. The van der Waals surface area contributed by atoms with Crippen molar-refractivity contribution >= 4 is 5.91 Å². The first-order valence-corrected chi connectivity index (χ1v) is 10.1. The number of hydrogen-bond donors (Lipinski definition) is 2. The molecule has 26 heavy (non-hydrogen) atoms. The van der Waals surface area contributed by atoms with Crippen molar-refractivity contribution in [3.63, 3.8) is 0 Å². The maximum atomic E-state index is 11.4. The second kappa shape index (κ2) is 16.9. The Balaban J connectivity index is 3.76. The zero-order valence-electron chi connectivity index (χ0n) is 17.0. The molecule has 0 aliphatic carbocycles. The van der Waals surface area contributed by atoms with Gasteiger partial charge in [-0.1, -0.05) is 69.8 Å². The third-order valence-electron chi connectivity index (χ3n) is 4.27. The zero-order chi connectivity index (χ0) is 19.6. The molecule has 0 saturated heterocycles. The number of allylic oxidation sites excluding steroid dienone is 5. The van der Waals surface area contributed by atoms with E-state index in [0.717, 1.165) is 12.8 Å².